The van der Waals surface area contributed by atoms with Gasteiger partial charge in [0.25, 0.3) is 0 Å². The Balaban J connectivity index is 0.000000352. The smallest absolute Gasteiger partial charge is 0.303 e. The molecule has 0 saturated carbocycles. The standard InChI is InChI=1S/C11H16O7S.C5H10O4S/c1-5(12)16-8-4-19-11(15)10(18-7(3)14)9(8)17-6(2)13;6-2-1-10-5(9)4(8)3(2)7/h8-11,15H,4H2,1-3H3;2-9H,1H2/t8-,9+,10-,11-;2-,3+,4-,5-/m11/s1. The first kappa shape index (κ1) is 25.9. The van der Waals surface area contributed by atoms with Gasteiger partial charge in [0.15, 0.2) is 18.3 Å². The van der Waals surface area contributed by atoms with Crippen molar-refractivity contribution in [3.63, 3.8) is 0 Å². The molecule has 8 atom stereocenters. The van der Waals surface area contributed by atoms with E-state index in [9.17, 15) is 19.5 Å². The van der Waals surface area contributed by atoms with E-state index in [1.54, 1.807) is 0 Å². The number of thioether (sulfide) groups is 2. The van der Waals surface area contributed by atoms with Crippen LogP contribution in [0.5, 0.6) is 0 Å². The fourth-order valence-corrected chi connectivity index (χ4v) is 4.51. The third-order valence-electron chi connectivity index (χ3n) is 3.80. The van der Waals surface area contributed by atoms with E-state index in [1.807, 2.05) is 0 Å². The maximum atomic E-state index is 11.1. The van der Waals surface area contributed by atoms with Crippen molar-refractivity contribution < 1.29 is 54.1 Å². The summed E-state index contributed by atoms with van der Waals surface area (Å²) in [5.74, 6) is -1.26. The van der Waals surface area contributed by atoms with Crippen molar-refractivity contribution in [3.05, 3.63) is 0 Å². The van der Waals surface area contributed by atoms with Crippen LogP contribution in [-0.2, 0) is 28.6 Å². The lowest BCUT2D eigenvalue weighted by Crippen LogP contribution is -2.54. The summed E-state index contributed by atoms with van der Waals surface area (Å²) in [4.78, 5) is 33.1. The minimum absolute atomic E-state index is 0.246. The van der Waals surface area contributed by atoms with Crippen LogP contribution in [0.2, 0.25) is 0 Å². The molecule has 13 heteroatoms. The fraction of sp³-hybridized carbons (Fsp3) is 0.812. The first-order valence-corrected chi connectivity index (χ1v) is 10.7. The number of hydrogen-bond donors (Lipinski definition) is 5. The minimum Gasteiger partial charge on any atom is -0.458 e. The molecule has 0 bridgehead atoms. The Labute approximate surface area is 175 Å². The molecular weight excluding hydrogens is 432 g/mol. The maximum absolute atomic E-state index is 11.1. The lowest BCUT2D eigenvalue weighted by atomic mass is 10.1. The van der Waals surface area contributed by atoms with Gasteiger partial charge in [-0.25, -0.2) is 0 Å². The number of esters is 3. The summed E-state index contributed by atoms with van der Waals surface area (Å²) < 4.78 is 15.0. The topological polar surface area (TPSA) is 180 Å². The number of hydrogen-bond acceptors (Lipinski definition) is 13. The molecule has 0 aromatic heterocycles. The molecule has 11 nitrogen and oxygen atoms in total. The van der Waals surface area contributed by atoms with E-state index in [1.165, 1.54) is 20.8 Å². The van der Waals surface area contributed by atoms with Gasteiger partial charge in [0.1, 0.15) is 23.1 Å². The van der Waals surface area contributed by atoms with Gasteiger partial charge in [0.05, 0.1) is 6.10 Å². The summed E-state index contributed by atoms with van der Waals surface area (Å²) >= 11 is 2.09. The fourth-order valence-electron chi connectivity index (χ4n) is 2.51. The molecule has 2 saturated heterocycles. The molecule has 0 aliphatic carbocycles. The van der Waals surface area contributed by atoms with Gasteiger partial charge in [0, 0.05) is 32.3 Å². The molecule has 0 spiro atoms. The van der Waals surface area contributed by atoms with Gasteiger partial charge in [-0.1, -0.05) is 0 Å². The zero-order chi connectivity index (χ0) is 22.3. The third-order valence-corrected chi connectivity index (χ3v) is 6.08. The summed E-state index contributed by atoms with van der Waals surface area (Å²) in [6.45, 7) is 3.59. The molecule has 0 aromatic carbocycles. The van der Waals surface area contributed by atoms with Gasteiger partial charge >= 0.3 is 17.9 Å². The quantitative estimate of drug-likeness (QED) is 0.231. The van der Waals surface area contributed by atoms with Crippen LogP contribution in [-0.4, -0.2) is 102 Å². The highest BCUT2D eigenvalue weighted by molar-refractivity contribution is 8.00. The first-order chi connectivity index (χ1) is 13.4. The molecule has 2 aliphatic rings. The second-order valence-electron chi connectivity index (χ2n) is 6.29. The molecule has 0 unspecified atom stereocenters. The van der Waals surface area contributed by atoms with Gasteiger partial charge in [-0.05, 0) is 0 Å². The largest absolute Gasteiger partial charge is 0.458 e. The van der Waals surface area contributed by atoms with Crippen LogP contribution in [0.1, 0.15) is 20.8 Å². The Morgan fingerprint density at radius 3 is 1.66 bits per heavy atom. The van der Waals surface area contributed by atoms with Crippen molar-refractivity contribution in [1.29, 1.82) is 0 Å². The number of aliphatic hydroxyl groups is 5. The predicted molar refractivity (Wildman–Crippen MR) is 102 cm³/mol. The molecule has 0 amide bonds. The van der Waals surface area contributed by atoms with Crippen LogP contribution in [0.4, 0.5) is 0 Å². The van der Waals surface area contributed by atoms with Crippen LogP contribution in [0.3, 0.4) is 0 Å². The zero-order valence-electron chi connectivity index (χ0n) is 16.0. The molecule has 0 radical (unpaired) electrons. The summed E-state index contributed by atoms with van der Waals surface area (Å²) in [5, 5.41) is 45.5. The van der Waals surface area contributed by atoms with Gasteiger partial charge in [-0.15, -0.1) is 23.5 Å². The van der Waals surface area contributed by atoms with E-state index < -0.39 is 65.4 Å². The Hall–Kier alpha value is -1.09. The highest BCUT2D eigenvalue weighted by atomic mass is 32.2. The number of carbonyl (C=O) groups excluding carboxylic acids is 3. The predicted octanol–water partition coefficient (Wildman–Crippen LogP) is -2.02. The van der Waals surface area contributed by atoms with Crippen molar-refractivity contribution in [2.75, 3.05) is 11.5 Å². The van der Waals surface area contributed by atoms with Gasteiger partial charge in [-0.2, -0.15) is 0 Å². The highest BCUT2D eigenvalue weighted by Crippen LogP contribution is 2.31. The number of ether oxygens (including phenoxy) is 3. The molecule has 2 fully saturated rings. The monoisotopic (exact) mass is 458 g/mol. The minimum atomic E-state index is -1.23. The van der Waals surface area contributed by atoms with E-state index in [4.69, 9.17) is 34.6 Å². The second-order valence-corrected chi connectivity index (χ2v) is 8.59. The van der Waals surface area contributed by atoms with E-state index in [0.717, 1.165) is 23.5 Å². The number of rotatable bonds is 3. The van der Waals surface area contributed by atoms with Crippen LogP contribution < -0.4 is 0 Å². The summed E-state index contributed by atoms with van der Waals surface area (Å²) in [6.07, 6.45) is -6.21. The number of carbonyl (C=O) groups is 3. The molecule has 5 N–H and O–H groups in total. The van der Waals surface area contributed by atoms with Crippen molar-refractivity contribution in [1.82, 2.24) is 0 Å². The van der Waals surface area contributed by atoms with E-state index in [0.29, 0.717) is 0 Å². The summed E-state index contributed by atoms with van der Waals surface area (Å²) in [7, 11) is 0. The van der Waals surface area contributed by atoms with Crippen LogP contribution in [0.25, 0.3) is 0 Å². The van der Waals surface area contributed by atoms with Crippen molar-refractivity contribution >= 4 is 41.4 Å². The Morgan fingerprint density at radius 1 is 0.690 bits per heavy atom. The molecule has 168 valence electrons. The summed E-state index contributed by atoms with van der Waals surface area (Å²) in [6, 6.07) is 0. The van der Waals surface area contributed by atoms with Crippen molar-refractivity contribution in [2.45, 2.75) is 68.3 Å². The van der Waals surface area contributed by atoms with Crippen LogP contribution in [0.15, 0.2) is 0 Å². The van der Waals surface area contributed by atoms with Gasteiger partial charge < -0.3 is 39.7 Å². The van der Waals surface area contributed by atoms with Gasteiger partial charge in [0.2, 0.25) is 0 Å². The Bertz CT molecular complexity index is 561. The van der Waals surface area contributed by atoms with Crippen LogP contribution >= 0.6 is 23.5 Å². The normalized spacial score (nSPS) is 36.8. The zero-order valence-corrected chi connectivity index (χ0v) is 17.7. The van der Waals surface area contributed by atoms with Gasteiger partial charge in [-0.3, -0.25) is 14.4 Å². The summed E-state index contributed by atoms with van der Waals surface area (Å²) in [5.41, 5.74) is -2.02. The van der Waals surface area contributed by atoms with Crippen molar-refractivity contribution in [3.8, 4) is 0 Å². The molecule has 2 aliphatic heterocycles. The first-order valence-electron chi connectivity index (χ1n) is 8.59. The lowest BCUT2D eigenvalue weighted by molar-refractivity contribution is -0.187. The molecule has 29 heavy (non-hydrogen) atoms. The van der Waals surface area contributed by atoms with E-state index >= 15 is 0 Å². The lowest BCUT2D eigenvalue weighted by Gasteiger charge is -2.38. The average molecular weight is 459 g/mol. The van der Waals surface area contributed by atoms with Crippen LogP contribution in [0, 0.1) is 0 Å². The molecule has 2 heterocycles. The Morgan fingerprint density at radius 2 is 1.17 bits per heavy atom. The van der Waals surface area contributed by atoms with E-state index in [2.05, 4.69) is 0 Å². The van der Waals surface area contributed by atoms with E-state index in [-0.39, 0.29) is 11.5 Å². The Kier molecular flexibility index (Phi) is 10.7. The second kappa shape index (κ2) is 11.9. The molecule has 0 aromatic rings. The molecule has 2 rings (SSSR count). The maximum Gasteiger partial charge on any atom is 0.303 e. The average Bonchev–Trinajstić information content (AvgIpc) is 2.61. The highest BCUT2D eigenvalue weighted by Gasteiger charge is 2.45. The molecular formula is C16H26O11S2. The SMILES string of the molecule is CC(=O)O[C@@H]1[C@@H](OC(C)=O)[C@H](OC(C)=O)CS[C@H]1O.O[C@@H]1[C@@H](O)[C@H](O)SC[C@H]1O. The number of aliphatic hydroxyl groups excluding tert-OH is 5. The third kappa shape index (κ3) is 8.28. The van der Waals surface area contributed by atoms with Crippen molar-refractivity contribution in [2.24, 2.45) is 0 Å².